The van der Waals surface area contributed by atoms with Crippen LogP contribution >= 0.6 is 0 Å². The fourth-order valence-corrected chi connectivity index (χ4v) is 3.32. The van der Waals surface area contributed by atoms with Crippen molar-refractivity contribution in [2.24, 2.45) is 17.6 Å². The van der Waals surface area contributed by atoms with E-state index in [1.165, 1.54) is 57.8 Å². The summed E-state index contributed by atoms with van der Waals surface area (Å²) in [6.45, 7) is 6.92. The summed E-state index contributed by atoms with van der Waals surface area (Å²) in [6, 6.07) is 0. The van der Waals surface area contributed by atoms with Crippen molar-refractivity contribution in [3.05, 3.63) is 0 Å². The highest BCUT2D eigenvalue weighted by Crippen LogP contribution is 2.39. The van der Waals surface area contributed by atoms with E-state index in [1.54, 1.807) is 0 Å². The van der Waals surface area contributed by atoms with Gasteiger partial charge in [0.25, 0.3) is 0 Å². The van der Waals surface area contributed by atoms with Crippen LogP contribution in [-0.4, -0.2) is 5.54 Å². The van der Waals surface area contributed by atoms with Gasteiger partial charge < -0.3 is 5.73 Å². The molecule has 3 unspecified atom stereocenters. The molecule has 1 aliphatic rings. The number of rotatable bonds is 7. The molecule has 0 spiro atoms. The fraction of sp³-hybridized carbons (Fsp3) is 1.00. The molecule has 0 aromatic heterocycles. The Morgan fingerprint density at radius 2 is 2.06 bits per heavy atom. The molecule has 0 aromatic rings. The van der Waals surface area contributed by atoms with Crippen LogP contribution in [0.15, 0.2) is 0 Å². The second kappa shape index (κ2) is 6.64. The van der Waals surface area contributed by atoms with Crippen molar-refractivity contribution in [3.8, 4) is 0 Å². The summed E-state index contributed by atoms with van der Waals surface area (Å²) in [6.07, 6.45) is 11.9. The lowest BCUT2D eigenvalue weighted by Gasteiger charge is -2.29. The van der Waals surface area contributed by atoms with Crippen LogP contribution in [0.2, 0.25) is 0 Å². The van der Waals surface area contributed by atoms with Crippen LogP contribution in [0, 0.1) is 11.8 Å². The minimum absolute atomic E-state index is 0.190. The van der Waals surface area contributed by atoms with E-state index >= 15 is 0 Å². The lowest BCUT2D eigenvalue weighted by molar-refractivity contribution is 0.288. The lowest BCUT2D eigenvalue weighted by Crippen LogP contribution is -2.39. The summed E-state index contributed by atoms with van der Waals surface area (Å²) in [5, 5.41) is 0. The smallest absolute Gasteiger partial charge is 0.0159 e. The van der Waals surface area contributed by atoms with E-state index in [2.05, 4.69) is 20.8 Å². The number of hydrogen-bond donors (Lipinski definition) is 1. The minimum atomic E-state index is 0.190. The first-order chi connectivity index (χ1) is 7.63. The summed E-state index contributed by atoms with van der Waals surface area (Å²) in [7, 11) is 0. The molecule has 1 heteroatoms. The Bertz CT molecular complexity index is 190. The SMILES string of the molecule is CCCCC(CC)CC1(N)CCC(CC)C1. The molecule has 0 radical (unpaired) electrons. The molecule has 1 nitrogen and oxygen atoms in total. The van der Waals surface area contributed by atoms with E-state index in [0.717, 1.165) is 11.8 Å². The Kier molecular flexibility index (Phi) is 5.82. The molecule has 0 aliphatic heterocycles. The third-order valence-electron chi connectivity index (χ3n) is 4.56. The van der Waals surface area contributed by atoms with E-state index < -0.39 is 0 Å². The maximum atomic E-state index is 6.57. The highest BCUT2D eigenvalue weighted by atomic mass is 14.8. The van der Waals surface area contributed by atoms with Gasteiger partial charge in [-0.15, -0.1) is 0 Å². The predicted molar refractivity (Wildman–Crippen MR) is 72.5 cm³/mol. The van der Waals surface area contributed by atoms with Crippen molar-refractivity contribution >= 4 is 0 Å². The third kappa shape index (κ3) is 4.08. The van der Waals surface area contributed by atoms with Gasteiger partial charge in [0.05, 0.1) is 0 Å². The molecule has 1 fully saturated rings. The summed E-state index contributed by atoms with van der Waals surface area (Å²) in [5.41, 5.74) is 6.76. The zero-order valence-electron chi connectivity index (χ0n) is 11.6. The van der Waals surface area contributed by atoms with E-state index in [0.29, 0.717) is 0 Å². The average molecular weight is 225 g/mol. The first kappa shape index (κ1) is 14.0. The van der Waals surface area contributed by atoms with Gasteiger partial charge in [-0.05, 0) is 37.5 Å². The molecule has 3 atom stereocenters. The fourth-order valence-electron chi connectivity index (χ4n) is 3.32. The molecule has 96 valence electrons. The quantitative estimate of drug-likeness (QED) is 0.678. The van der Waals surface area contributed by atoms with E-state index in [4.69, 9.17) is 5.73 Å². The maximum absolute atomic E-state index is 6.57. The highest BCUT2D eigenvalue weighted by Gasteiger charge is 2.35. The van der Waals surface area contributed by atoms with E-state index in [-0.39, 0.29) is 5.54 Å². The van der Waals surface area contributed by atoms with Gasteiger partial charge in [0, 0.05) is 5.54 Å². The second-order valence-corrected chi connectivity index (χ2v) is 6.00. The number of hydrogen-bond acceptors (Lipinski definition) is 1. The Balaban J connectivity index is 2.38. The van der Waals surface area contributed by atoms with Crippen molar-refractivity contribution in [2.45, 2.75) is 84.1 Å². The van der Waals surface area contributed by atoms with Crippen molar-refractivity contribution in [2.75, 3.05) is 0 Å². The number of nitrogens with two attached hydrogens (primary N) is 1. The molecule has 0 bridgehead atoms. The zero-order valence-corrected chi connectivity index (χ0v) is 11.6. The molecule has 1 rings (SSSR count). The Labute approximate surface area is 102 Å². The molecule has 0 aromatic carbocycles. The molecule has 2 N–H and O–H groups in total. The van der Waals surface area contributed by atoms with Crippen molar-refractivity contribution in [3.63, 3.8) is 0 Å². The van der Waals surface area contributed by atoms with Crippen LogP contribution < -0.4 is 5.73 Å². The summed E-state index contributed by atoms with van der Waals surface area (Å²) >= 11 is 0. The van der Waals surface area contributed by atoms with Gasteiger partial charge in [-0.2, -0.15) is 0 Å². The zero-order chi connectivity index (χ0) is 12.0. The molecule has 16 heavy (non-hydrogen) atoms. The van der Waals surface area contributed by atoms with Crippen LogP contribution in [-0.2, 0) is 0 Å². The van der Waals surface area contributed by atoms with Crippen LogP contribution in [0.25, 0.3) is 0 Å². The van der Waals surface area contributed by atoms with Gasteiger partial charge in [0.1, 0.15) is 0 Å². The molecule has 0 amide bonds. The van der Waals surface area contributed by atoms with Crippen LogP contribution in [0.1, 0.15) is 78.6 Å². The van der Waals surface area contributed by atoms with Gasteiger partial charge in [0.2, 0.25) is 0 Å². The molecule has 1 aliphatic carbocycles. The van der Waals surface area contributed by atoms with Gasteiger partial charge in [-0.1, -0.05) is 52.9 Å². The van der Waals surface area contributed by atoms with E-state index in [9.17, 15) is 0 Å². The minimum Gasteiger partial charge on any atom is -0.325 e. The monoisotopic (exact) mass is 225 g/mol. The van der Waals surface area contributed by atoms with Crippen molar-refractivity contribution in [1.29, 1.82) is 0 Å². The maximum Gasteiger partial charge on any atom is 0.0159 e. The van der Waals surface area contributed by atoms with Crippen LogP contribution in [0.3, 0.4) is 0 Å². The van der Waals surface area contributed by atoms with Gasteiger partial charge in [-0.25, -0.2) is 0 Å². The number of unbranched alkanes of at least 4 members (excludes halogenated alkanes) is 1. The second-order valence-electron chi connectivity index (χ2n) is 6.00. The lowest BCUT2D eigenvalue weighted by atomic mass is 9.82. The van der Waals surface area contributed by atoms with Gasteiger partial charge in [0.15, 0.2) is 0 Å². The van der Waals surface area contributed by atoms with E-state index in [1.807, 2.05) is 0 Å². The van der Waals surface area contributed by atoms with Gasteiger partial charge >= 0.3 is 0 Å². The summed E-state index contributed by atoms with van der Waals surface area (Å²) < 4.78 is 0. The predicted octanol–water partition coefficient (Wildman–Crippen LogP) is 4.50. The average Bonchev–Trinajstić information content (AvgIpc) is 2.66. The Morgan fingerprint density at radius 1 is 1.31 bits per heavy atom. The molecular formula is C15H31N. The highest BCUT2D eigenvalue weighted by molar-refractivity contribution is 4.94. The topological polar surface area (TPSA) is 26.0 Å². The third-order valence-corrected chi connectivity index (χ3v) is 4.56. The van der Waals surface area contributed by atoms with Gasteiger partial charge in [-0.3, -0.25) is 0 Å². The van der Waals surface area contributed by atoms with Crippen LogP contribution in [0.5, 0.6) is 0 Å². The first-order valence-corrected chi connectivity index (χ1v) is 7.42. The summed E-state index contributed by atoms with van der Waals surface area (Å²) in [4.78, 5) is 0. The normalized spacial score (nSPS) is 31.9. The largest absolute Gasteiger partial charge is 0.325 e. The Hall–Kier alpha value is -0.0400. The first-order valence-electron chi connectivity index (χ1n) is 7.42. The molecular weight excluding hydrogens is 194 g/mol. The molecule has 0 heterocycles. The van der Waals surface area contributed by atoms with Crippen molar-refractivity contribution in [1.82, 2.24) is 0 Å². The Morgan fingerprint density at radius 3 is 2.56 bits per heavy atom. The molecule has 0 saturated heterocycles. The van der Waals surface area contributed by atoms with Crippen molar-refractivity contribution < 1.29 is 0 Å². The molecule has 1 saturated carbocycles. The standard InChI is InChI=1S/C15H31N/c1-4-7-8-13(5-2)11-15(16)10-9-14(6-3)12-15/h13-14H,4-12,16H2,1-3H3. The summed E-state index contributed by atoms with van der Waals surface area (Å²) in [5.74, 6) is 1.79. The van der Waals surface area contributed by atoms with Crippen LogP contribution in [0.4, 0.5) is 0 Å².